The van der Waals surface area contributed by atoms with Crippen LogP contribution in [0.5, 0.6) is 0 Å². The molecule has 118 valence electrons. The molecule has 1 atom stereocenters. The van der Waals surface area contributed by atoms with Gasteiger partial charge in [0, 0.05) is 32.2 Å². The summed E-state index contributed by atoms with van der Waals surface area (Å²) in [6.07, 6.45) is 4.60. The maximum atomic E-state index is 12.9. The predicted octanol–water partition coefficient (Wildman–Crippen LogP) is -0.588. The highest BCUT2D eigenvalue weighted by molar-refractivity contribution is 7.86. The Labute approximate surface area is 125 Å². The van der Waals surface area contributed by atoms with E-state index in [-0.39, 0.29) is 6.04 Å². The van der Waals surface area contributed by atoms with Crippen LogP contribution in [0.3, 0.4) is 0 Å². The summed E-state index contributed by atoms with van der Waals surface area (Å²) in [7, 11) is -1.57. The van der Waals surface area contributed by atoms with E-state index in [1.807, 2.05) is 11.6 Å². The highest BCUT2D eigenvalue weighted by Gasteiger charge is 2.37. The molecular weight excluding hydrogens is 292 g/mol. The first kappa shape index (κ1) is 14.9. The van der Waals surface area contributed by atoms with Crippen LogP contribution < -0.4 is 5.32 Å². The molecule has 3 heterocycles. The number of fused-ring (bicyclic) bond motifs is 1. The third kappa shape index (κ3) is 2.83. The van der Waals surface area contributed by atoms with Crippen molar-refractivity contribution in [1.82, 2.24) is 28.7 Å². The molecule has 1 N–H and O–H groups in total. The van der Waals surface area contributed by atoms with E-state index >= 15 is 0 Å². The molecule has 1 aromatic heterocycles. The molecule has 0 aromatic carbocycles. The second-order valence-corrected chi connectivity index (χ2v) is 7.48. The van der Waals surface area contributed by atoms with E-state index in [0.717, 1.165) is 19.3 Å². The van der Waals surface area contributed by atoms with Crippen LogP contribution in [0.2, 0.25) is 0 Å². The molecule has 1 aromatic rings. The molecular formula is C12H22N6O2S. The number of nitrogens with one attached hydrogen (secondary N) is 1. The fraction of sp³-hybridized carbons (Fsp3) is 0.833. The molecule has 1 fully saturated rings. The highest BCUT2D eigenvalue weighted by Crippen LogP contribution is 2.24. The Morgan fingerprint density at radius 2 is 2.19 bits per heavy atom. The van der Waals surface area contributed by atoms with Gasteiger partial charge in [-0.1, -0.05) is 6.42 Å². The maximum absolute atomic E-state index is 12.9. The molecule has 1 unspecified atom stereocenters. The van der Waals surface area contributed by atoms with Gasteiger partial charge in [0.1, 0.15) is 12.2 Å². The van der Waals surface area contributed by atoms with E-state index < -0.39 is 10.2 Å². The van der Waals surface area contributed by atoms with Crippen LogP contribution in [0.1, 0.15) is 25.1 Å². The fourth-order valence-electron chi connectivity index (χ4n) is 3.11. The van der Waals surface area contributed by atoms with Crippen molar-refractivity contribution in [3.05, 3.63) is 12.2 Å². The van der Waals surface area contributed by atoms with Crippen LogP contribution in [-0.2, 0) is 23.3 Å². The minimum absolute atomic E-state index is 0.0496. The average molecular weight is 314 g/mol. The summed E-state index contributed by atoms with van der Waals surface area (Å²) in [4.78, 5) is 0. The maximum Gasteiger partial charge on any atom is 0.282 e. The van der Waals surface area contributed by atoms with Gasteiger partial charge in [-0.2, -0.15) is 17.0 Å². The molecule has 0 amide bonds. The summed E-state index contributed by atoms with van der Waals surface area (Å²) < 4.78 is 31.0. The first-order valence-electron chi connectivity index (χ1n) is 7.41. The Hall–Kier alpha value is -1.03. The van der Waals surface area contributed by atoms with Crippen molar-refractivity contribution in [1.29, 1.82) is 0 Å². The van der Waals surface area contributed by atoms with E-state index in [0.29, 0.717) is 38.5 Å². The van der Waals surface area contributed by atoms with Crippen molar-refractivity contribution >= 4 is 10.2 Å². The summed E-state index contributed by atoms with van der Waals surface area (Å²) in [5, 5.41) is 10.9. The van der Waals surface area contributed by atoms with Gasteiger partial charge in [0.2, 0.25) is 0 Å². The number of rotatable bonds is 4. The molecule has 0 bridgehead atoms. The van der Waals surface area contributed by atoms with Gasteiger partial charge in [0.25, 0.3) is 10.2 Å². The van der Waals surface area contributed by atoms with Gasteiger partial charge < -0.3 is 9.88 Å². The second-order valence-electron chi connectivity index (χ2n) is 5.60. The number of likely N-dealkylation sites (N-methyl/N-ethyl adjacent to an activating group) is 1. The molecule has 2 aliphatic rings. The van der Waals surface area contributed by atoms with Crippen molar-refractivity contribution in [3.63, 3.8) is 0 Å². The number of nitrogens with zero attached hydrogens (tertiary/aromatic N) is 5. The van der Waals surface area contributed by atoms with Gasteiger partial charge in [-0.15, -0.1) is 10.2 Å². The van der Waals surface area contributed by atoms with Gasteiger partial charge >= 0.3 is 0 Å². The summed E-state index contributed by atoms with van der Waals surface area (Å²) in [6.45, 7) is 2.72. The lowest BCUT2D eigenvalue weighted by Gasteiger charge is -2.38. The van der Waals surface area contributed by atoms with Crippen molar-refractivity contribution in [3.8, 4) is 0 Å². The standard InChI is InChI=1S/C12H22N6O2S/c1-13-8-11-4-2-3-5-18(11)21(19,20)17-7-6-16-10-14-15-12(16)9-17/h10-11,13H,2-9H2,1H3. The minimum atomic E-state index is -3.43. The predicted molar refractivity (Wildman–Crippen MR) is 77.6 cm³/mol. The smallest absolute Gasteiger partial charge is 0.282 e. The summed E-state index contributed by atoms with van der Waals surface area (Å²) in [6, 6.07) is 0.0496. The zero-order valence-corrected chi connectivity index (χ0v) is 13.1. The lowest BCUT2D eigenvalue weighted by atomic mass is 10.1. The quantitative estimate of drug-likeness (QED) is 0.803. The highest BCUT2D eigenvalue weighted by atomic mass is 32.2. The Bertz CT molecular complexity index is 584. The van der Waals surface area contributed by atoms with E-state index in [9.17, 15) is 8.42 Å². The normalized spacial score (nSPS) is 24.9. The number of hydrogen-bond acceptors (Lipinski definition) is 5. The van der Waals surface area contributed by atoms with Gasteiger partial charge in [0.05, 0.1) is 6.54 Å². The molecule has 3 rings (SSSR count). The molecule has 2 aliphatic heterocycles. The lowest BCUT2D eigenvalue weighted by Crippen LogP contribution is -2.54. The second kappa shape index (κ2) is 5.99. The van der Waals surface area contributed by atoms with Crippen LogP contribution in [0.4, 0.5) is 0 Å². The Balaban J connectivity index is 1.79. The molecule has 1 saturated heterocycles. The van der Waals surface area contributed by atoms with Gasteiger partial charge in [-0.05, 0) is 19.9 Å². The number of hydrogen-bond donors (Lipinski definition) is 1. The van der Waals surface area contributed by atoms with Crippen LogP contribution in [0.25, 0.3) is 0 Å². The first-order chi connectivity index (χ1) is 10.1. The Morgan fingerprint density at radius 3 is 3.00 bits per heavy atom. The van der Waals surface area contributed by atoms with Crippen molar-refractivity contribution in [2.75, 3.05) is 26.7 Å². The Morgan fingerprint density at radius 1 is 1.33 bits per heavy atom. The zero-order valence-electron chi connectivity index (χ0n) is 12.3. The monoisotopic (exact) mass is 314 g/mol. The number of aromatic nitrogens is 3. The topological polar surface area (TPSA) is 83.4 Å². The number of piperidine rings is 1. The van der Waals surface area contributed by atoms with Crippen molar-refractivity contribution in [2.45, 2.75) is 38.4 Å². The first-order valence-corrected chi connectivity index (χ1v) is 8.81. The largest absolute Gasteiger partial charge is 0.318 e. The zero-order chi connectivity index (χ0) is 14.9. The van der Waals surface area contributed by atoms with Crippen LogP contribution in [0.15, 0.2) is 6.33 Å². The van der Waals surface area contributed by atoms with Crippen LogP contribution in [-0.4, -0.2) is 64.5 Å². The minimum Gasteiger partial charge on any atom is -0.318 e. The van der Waals surface area contributed by atoms with Crippen molar-refractivity contribution < 1.29 is 8.42 Å². The van der Waals surface area contributed by atoms with E-state index in [4.69, 9.17) is 0 Å². The molecule has 0 spiro atoms. The third-order valence-corrected chi connectivity index (χ3v) is 6.28. The van der Waals surface area contributed by atoms with Crippen LogP contribution in [0, 0.1) is 0 Å². The lowest BCUT2D eigenvalue weighted by molar-refractivity contribution is 0.219. The molecule has 0 radical (unpaired) electrons. The molecule has 0 aliphatic carbocycles. The van der Waals surface area contributed by atoms with Gasteiger partial charge in [-0.25, -0.2) is 0 Å². The van der Waals surface area contributed by atoms with E-state index in [2.05, 4.69) is 15.5 Å². The third-order valence-electron chi connectivity index (χ3n) is 4.24. The van der Waals surface area contributed by atoms with Crippen molar-refractivity contribution in [2.24, 2.45) is 0 Å². The fourth-order valence-corrected chi connectivity index (χ4v) is 4.91. The van der Waals surface area contributed by atoms with Gasteiger partial charge in [-0.3, -0.25) is 0 Å². The van der Waals surface area contributed by atoms with Crippen LogP contribution >= 0.6 is 0 Å². The molecule has 21 heavy (non-hydrogen) atoms. The molecule has 8 nitrogen and oxygen atoms in total. The summed E-state index contributed by atoms with van der Waals surface area (Å²) in [5.74, 6) is 0.715. The van der Waals surface area contributed by atoms with Gasteiger partial charge in [0.15, 0.2) is 0 Å². The average Bonchev–Trinajstić information content (AvgIpc) is 2.95. The summed E-state index contributed by atoms with van der Waals surface area (Å²) >= 11 is 0. The van der Waals surface area contributed by atoms with E-state index in [1.54, 1.807) is 10.6 Å². The SMILES string of the molecule is CNCC1CCCCN1S(=O)(=O)N1CCn2cnnc2C1. The molecule has 9 heteroatoms. The molecule has 0 saturated carbocycles. The van der Waals surface area contributed by atoms with E-state index in [1.165, 1.54) is 4.31 Å². The Kier molecular flexibility index (Phi) is 4.25. The summed E-state index contributed by atoms with van der Waals surface area (Å²) in [5.41, 5.74) is 0.